The molecule has 1 aliphatic heterocycles. The van der Waals surface area contributed by atoms with Crippen LogP contribution in [0.5, 0.6) is 0 Å². The van der Waals surface area contributed by atoms with Crippen molar-refractivity contribution in [1.29, 1.82) is 0 Å². The molecule has 0 amide bonds. The number of aryl methyl sites for hydroxylation is 1. The molecule has 3 rings (SSSR count). The Kier molecular flexibility index (Phi) is 4.20. The van der Waals surface area contributed by atoms with E-state index in [9.17, 15) is 0 Å². The molecule has 0 radical (unpaired) electrons. The summed E-state index contributed by atoms with van der Waals surface area (Å²) in [6.07, 6.45) is 1.92. The Labute approximate surface area is 125 Å². The number of anilines is 1. The van der Waals surface area contributed by atoms with E-state index in [1.54, 1.807) is 0 Å². The molecule has 0 unspecified atom stereocenters. The Morgan fingerprint density at radius 1 is 1.14 bits per heavy atom. The highest BCUT2D eigenvalue weighted by atomic mass is 16.5. The summed E-state index contributed by atoms with van der Waals surface area (Å²) in [4.78, 5) is 2.37. The second-order valence-corrected chi connectivity index (χ2v) is 5.18. The van der Waals surface area contributed by atoms with Crippen LogP contribution in [0.25, 0.3) is 5.69 Å². The van der Waals surface area contributed by atoms with Crippen LogP contribution in [-0.2, 0) is 17.7 Å². The number of benzene rings is 1. The maximum absolute atomic E-state index is 5.44. The van der Waals surface area contributed by atoms with Crippen molar-refractivity contribution in [2.45, 2.75) is 33.2 Å². The lowest BCUT2D eigenvalue weighted by Gasteiger charge is -2.31. The van der Waals surface area contributed by atoms with Crippen molar-refractivity contribution in [3.8, 4) is 5.69 Å². The van der Waals surface area contributed by atoms with Crippen LogP contribution in [0.15, 0.2) is 24.3 Å². The predicted molar refractivity (Wildman–Crippen MR) is 82.9 cm³/mol. The molecule has 0 fully saturated rings. The highest BCUT2D eigenvalue weighted by molar-refractivity contribution is 5.65. The molecule has 1 aromatic carbocycles. The molecule has 0 saturated heterocycles. The second kappa shape index (κ2) is 6.26. The van der Waals surface area contributed by atoms with Gasteiger partial charge >= 0.3 is 0 Å². The van der Waals surface area contributed by atoms with E-state index in [4.69, 9.17) is 4.74 Å². The molecule has 0 spiro atoms. The number of fused-ring (bicyclic) bond motifs is 3. The lowest BCUT2D eigenvalue weighted by molar-refractivity contribution is 0.146. The van der Waals surface area contributed by atoms with Gasteiger partial charge < -0.3 is 9.64 Å². The van der Waals surface area contributed by atoms with Crippen LogP contribution in [0.2, 0.25) is 0 Å². The summed E-state index contributed by atoms with van der Waals surface area (Å²) in [7, 11) is 0. The molecular formula is C16H22N4O. The molecular weight excluding hydrogens is 264 g/mol. The van der Waals surface area contributed by atoms with Gasteiger partial charge in [0.2, 0.25) is 0 Å². The van der Waals surface area contributed by atoms with Gasteiger partial charge in [-0.2, -0.15) is 0 Å². The fourth-order valence-electron chi connectivity index (χ4n) is 2.84. The van der Waals surface area contributed by atoms with Gasteiger partial charge in [-0.1, -0.05) is 19.1 Å². The molecule has 1 aromatic heterocycles. The first kappa shape index (κ1) is 14.1. The van der Waals surface area contributed by atoms with Gasteiger partial charge in [-0.3, -0.25) is 4.57 Å². The maximum Gasteiger partial charge on any atom is 0.157 e. The van der Waals surface area contributed by atoms with Crippen molar-refractivity contribution >= 4 is 5.69 Å². The normalized spacial score (nSPS) is 13.1. The third kappa shape index (κ3) is 2.65. The highest BCUT2D eigenvalue weighted by Gasteiger charge is 2.24. The SMILES string of the molecule is CCOCCCN1Cc2nnc(CC)n2-c2ccccc21. The molecule has 0 bridgehead atoms. The van der Waals surface area contributed by atoms with Gasteiger partial charge in [0.25, 0.3) is 0 Å². The van der Waals surface area contributed by atoms with E-state index >= 15 is 0 Å². The van der Waals surface area contributed by atoms with Gasteiger partial charge in [-0.05, 0) is 25.5 Å². The first-order valence-electron chi connectivity index (χ1n) is 7.70. The highest BCUT2D eigenvalue weighted by Crippen LogP contribution is 2.32. The fourth-order valence-corrected chi connectivity index (χ4v) is 2.84. The van der Waals surface area contributed by atoms with E-state index in [1.807, 2.05) is 6.92 Å². The summed E-state index contributed by atoms with van der Waals surface area (Å²) in [6, 6.07) is 8.50. The summed E-state index contributed by atoms with van der Waals surface area (Å²) < 4.78 is 7.65. The Morgan fingerprint density at radius 2 is 1.95 bits per heavy atom. The molecule has 5 heteroatoms. The van der Waals surface area contributed by atoms with E-state index in [1.165, 1.54) is 11.4 Å². The van der Waals surface area contributed by atoms with Crippen molar-refractivity contribution in [3.05, 3.63) is 35.9 Å². The first-order valence-corrected chi connectivity index (χ1v) is 7.70. The van der Waals surface area contributed by atoms with Crippen LogP contribution in [0.3, 0.4) is 0 Å². The smallest absolute Gasteiger partial charge is 0.157 e. The summed E-state index contributed by atoms with van der Waals surface area (Å²) in [5.41, 5.74) is 2.45. The predicted octanol–water partition coefficient (Wildman–Crippen LogP) is 2.58. The molecule has 112 valence electrons. The average Bonchev–Trinajstić information content (AvgIpc) is 2.94. The monoisotopic (exact) mass is 286 g/mol. The zero-order valence-corrected chi connectivity index (χ0v) is 12.7. The second-order valence-electron chi connectivity index (χ2n) is 5.18. The first-order chi connectivity index (χ1) is 10.3. The van der Waals surface area contributed by atoms with Gasteiger partial charge in [0.15, 0.2) is 5.82 Å². The van der Waals surface area contributed by atoms with Crippen LogP contribution >= 0.6 is 0 Å². The van der Waals surface area contributed by atoms with Gasteiger partial charge in [-0.15, -0.1) is 10.2 Å². The Bertz CT molecular complexity index is 608. The summed E-state index contributed by atoms with van der Waals surface area (Å²) in [6.45, 7) is 7.54. The lowest BCUT2D eigenvalue weighted by Crippen LogP contribution is -2.31. The molecule has 0 atom stereocenters. The van der Waals surface area contributed by atoms with E-state index in [-0.39, 0.29) is 0 Å². The number of nitrogens with zero attached hydrogens (tertiary/aromatic N) is 4. The topological polar surface area (TPSA) is 43.2 Å². The Balaban J connectivity index is 1.87. The molecule has 0 N–H and O–H groups in total. The van der Waals surface area contributed by atoms with Crippen LogP contribution < -0.4 is 4.90 Å². The summed E-state index contributed by atoms with van der Waals surface area (Å²) >= 11 is 0. The standard InChI is InChI=1S/C16H22N4O/c1-3-15-17-18-16-12-19(10-7-11-21-4-2)13-8-5-6-9-14(13)20(15)16/h5-6,8-9H,3-4,7,10-12H2,1-2H3. The number of aromatic nitrogens is 3. The van der Waals surface area contributed by atoms with E-state index < -0.39 is 0 Å². The van der Waals surface area contributed by atoms with Gasteiger partial charge in [0.1, 0.15) is 5.82 Å². The molecule has 2 heterocycles. The van der Waals surface area contributed by atoms with Crippen LogP contribution in [0.4, 0.5) is 5.69 Å². The molecule has 2 aromatic rings. The Morgan fingerprint density at radius 3 is 2.71 bits per heavy atom. The zero-order valence-electron chi connectivity index (χ0n) is 12.7. The van der Waals surface area contributed by atoms with Crippen molar-refractivity contribution in [2.24, 2.45) is 0 Å². The fraction of sp³-hybridized carbons (Fsp3) is 0.500. The number of hydrogen-bond acceptors (Lipinski definition) is 4. The van der Waals surface area contributed by atoms with E-state index in [2.05, 4.69) is 50.9 Å². The van der Waals surface area contributed by atoms with Gasteiger partial charge in [0.05, 0.1) is 17.9 Å². The quantitative estimate of drug-likeness (QED) is 0.766. The van der Waals surface area contributed by atoms with E-state index in [0.717, 1.165) is 50.8 Å². The lowest BCUT2D eigenvalue weighted by atomic mass is 10.1. The third-order valence-corrected chi connectivity index (χ3v) is 3.83. The Hall–Kier alpha value is -1.88. The average molecular weight is 286 g/mol. The van der Waals surface area contributed by atoms with Crippen LogP contribution in [-0.4, -0.2) is 34.5 Å². The molecule has 5 nitrogen and oxygen atoms in total. The number of para-hydroxylation sites is 2. The molecule has 1 aliphatic rings. The van der Waals surface area contributed by atoms with Crippen molar-refractivity contribution in [3.63, 3.8) is 0 Å². The largest absolute Gasteiger partial charge is 0.382 e. The summed E-state index contributed by atoms with van der Waals surface area (Å²) in [5, 5.41) is 8.68. The van der Waals surface area contributed by atoms with Crippen LogP contribution in [0, 0.1) is 0 Å². The van der Waals surface area contributed by atoms with E-state index in [0.29, 0.717) is 0 Å². The number of hydrogen-bond donors (Lipinski definition) is 0. The van der Waals surface area contributed by atoms with Crippen LogP contribution in [0.1, 0.15) is 31.9 Å². The van der Waals surface area contributed by atoms with Gasteiger partial charge in [0, 0.05) is 26.2 Å². The minimum absolute atomic E-state index is 0.783. The zero-order chi connectivity index (χ0) is 14.7. The third-order valence-electron chi connectivity index (χ3n) is 3.83. The minimum Gasteiger partial charge on any atom is -0.382 e. The van der Waals surface area contributed by atoms with Crippen molar-refractivity contribution in [2.75, 3.05) is 24.7 Å². The van der Waals surface area contributed by atoms with Crippen molar-refractivity contribution < 1.29 is 4.74 Å². The molecule has 0 aliphatic carbocycles. The summed E-state index contributed by atoms with van der Waals surface area (Å²) in [5.74, 6) is 2.06. The van der Waals surface area contributed by atoms with Gasteiger partial charge in [-0.25, -0.2) is 0 Å². The van der Waals surface area contributed by atoms with Crippen molar-refractivity contribution in [1.82, 2.24) is 14.8 Å². The minimum atomic E-state index is 0.783. The number of ether oxygens (including phenoxy) is 1. The number of rotatable bonds is 6. The maximum atomic E-state index is 5.44. The molecule has 0 saturated carbocycles. The molecule has 21 heavy (non-hydrogen) atoms.